The summed E-state index contributed by atoms with van der Waals surface area (Å²) in [7, 11) is 0. The third-order valence-electron chi connectivity index (χ3n) is 1.23. The summed E-state index contributed by atoms with van der Waals surface area (Å²) < 4.78 is 10.4. The summed E-state index contributed by atoms with van der Waals surface area (Å²) in [4.78, 5) is 2.64. The normalized spacial score (nSPS) is 9.92. The van der Waals surface area contributed by atoms with Crippen molar-refractivity contribution in [2.24, 2.45) is 5.11 Å². The van der Waals surface area contributed by atoms with Crippen LogP contribution in [0.25, 0.3) is 10.4 Å². The third kappa shape index (κ3) is 5.97. The van der Waals surface area contributed by atoms with Crippen molar-refractivity contribution in [1.29, 1.82) is 0 Å². The maximum absolute atomic E-state index is 8.02. The fourth-order valence-electron chi connectivity index (χ4n) is 0.794. The van der Waals surface area contributed by atoms with Crippen LogP contribution in [-0.2, 0) is 9.47 Å². The van der Waals surface area contributed by atoms with Gasteiger partial charge in [-0.3, -0.25) is 0 Å². The van der Waals surface area contributed by atoms with Crippen molar-refractivity contribution in [3.8, 4) is 0 Å². The van der Waals surface area contributed by atoms with Crippen molar-refractivity contribution < 1.29 is 9.47 Å². The van der Waals surface area contributed by atoms with Gasteiger partial charge in [-0.1, -0.05) is 5.11 Å². The van der Waals surface area contributed by atoms with Gasteiger partial charge >= 0.3 is 0 Å². The molecule has 0 heterocycles. The fraction of sp³-hybridized carbons (Fsp3) is 1.00. The van der Waals surface area contributed by atoms with Gasteiger partial charge in [-0.05, 0) is 19.4 Å². The summed E-state index contributed by atoms with van der Waals surface area (Å²) in [5.41, 5.74) is 8.02. The number of ether oxygens (including phenoxy) is 2. The van der Waals surface area contributed by atoms with Crippen LogP contribution >= 0.6 is 0 Å². The lowest BCUT2D eigenvalue weighted by atomic mass is 10.4. The zero-order chi connectivity index (χ0) is 9.23. The molecule has 12 heavy (non-hydrogen) atoms. The van der Waals surface area contributed by atoms with E-state index in [1.165, 1.54) is 0 Å². The Hall–Kier alpha value is -0.770. The van der Waals surface area contributed by atoms with Gasteiger partial charge in [-0.2, -0.15) is 0 Å². The van der Waals surface area contributed by atoms with Crippen LogP contribution in [0.15, 0.2) is 5.11 Å². The molecule has 0 amide bonds. The molecule has 0 atom stereocenters. The standard InChI is InChI=1S/C7H15N3O2/c1-3-11-7(12-4-2)5-6-9-10-8/h7H,3-6H2,1-2H3. The first-order valence-electron chi connectivity index (χ1n) is 4.09. The molecule has 0 aromatic heterocycles. The smallest absolute Gasteiger partial charge is 0.157 e. The Bertz CT molecular complexity index is 140. The number of nitrogens with zero attached hydrogens (tertiary/aromatic N) is 3. The van der Waals surface area contributed by atoms with Crippen molar-refractivity contribution in [1.82, 2.24) is 0 Å². The maximum Gasteiger partial charge on any atom is 0.157 e. The summed E-state index contributed by atoms with van der Waals surface area (Å²) in [6.45, 7) is 5.45. The van der Waals surface area contributed by atoms with Gasteiger partial charge in [-0.25, -0.2) is 0 Å². The lowest BCUT2D eigenvalue weighted by Gasteiger charge is -2.15. The minimum atomic E-state index is -0.231. The second-order valence-electron chi connectivity index (χ2n) is 2.08. The molecular formula is C7H15N3O2. The first kappa shape index (κ1) is 11.2. The highest BCUT2D eigenvalue weighted by Crippen LogP contribution is 2.00. The minimum absolute atomic E-state index is 0.231. The molecule has 0 aliphatic carbocycles. The topological polar surface area (TPSA) is 67.2 Å². The van der Waals surface area contributed by atoms with Crippen LogP contribution in [0.3, 0.4) is 0 Å². The molecule has 0 fully saturated rings. The Morgan fingerprint density at radius 2 is 1.92 bits per heavy atom. The summed E-state index contributed by atoms with van der Waals surface area (Å²) in [5, 5.41) is 3.40. The molecule has 0 rings (SSSR count). The largest absolute Gasteiger partial charge is 0.353 e. The van der Waals surface area contributed by atoms with E-state index in [2.05, 4.69) is 10.0 Å². The SMILES string of the molecule is CCOC(CCN=[N+]=[N-])OCC. The van der Waals surface area contributed by atoms with E-state index in [9.17, 15) is 0 Å². The van der Waals surface area contributed by atoms with Gasteiger partial charge in [0.2, 0.25) is 0 Å². The van der Waals surface area contributed by atoms with E-state index in [1.807, 2.05) is 13.8 Å². The summed E-state index contributed by atoms with van der Waals surface area (Å²) in [6.07, 6.45) is 0.386. The molecule has 70 valence electrons. The monoisotopic (exact) mass is 173 g/mol. The number of hydrogen-bond acceptors (Lipinski definition) is 3. The number of hydrogen-bond donors (Lipinski definition) is 0. The molecule has 0 saturated carbocycles. The molecule has 0 aromatic carbocycles. The molecular weight excluding hydrogens is 158 g/mol. The van der Waals surface area contributed by atoms with Crippen molar-refractivity contribution in [2.45, 2.75) is 26.6 Å². The quantitative estimate of drug-likeness (QED) is 0.256. The molecule has 0 bridgehead atoms. The Labute approximate surface area is 72.3 Å². The minimum Gasteiger partial charge on any atom is -0.353 e. The Morgan fingerprint density at radius 1 is 1.33 bits per heavy atom. The predicted octanol–water partition coefficient (Wildman–Crippen LogP) is 2.09. The van der Waals surface area contributed by atoms with E-state index in [0.29, 0.717) is 26.2 Å². The second-order valence-corrected chi connectivity index (χ2v) is 2.08. The molecule has 5 nitrogen and oxygen atoms in total. The lowest BCUT2D eigenvalue weighted by Crippen LogP contribution is -2.18. The molecule has 0 spiro atoms. The van der Waals surface area contributed by atoms with Crippen LogP contribution in [0.5, 0.6) is 0 Å². The zero-order valence-corrected chi connectivity index (χ0v) is 7.56. The predicted molar refractivity (Wildman–Crippen MR) is 45.7 cm³/mol. The van der Waals surface area contributed by atoms with Crippen LogP contribution in [-0.4, -0.2) is 26.0 Å². The highest BCUT2D eigenvalue weighted by atomic mass is 16.7. The van der Waals surface area contributed by atoms with Crippen LogP contribution in [0.1, 0.15) is 20.3 Å². The van der Waals surface area contributed by atoms with E-state index >= 15 is 0 Å². The van der Waals surface area contributed by atoms with Crippen molar-refractivity contribution in [3.05, 3.63) is 10.4 Å². The fourth-order valence-corrected chi connectivity index (χ4v) is 0.794. The number of azide groups is 1. The zero-order valence-electron chi connectivity index (χ0n) is 7.56. The molecule has 5 heteroatoms. The van der Waals surface area contributed by atoms with Crippen molar-refractivity contribution >= 4 is 0 Å². The summed E-state index contributed by atoms with van der Waals surface area (Å²) in [6, 6.07) is 0. The molecule has 0 radical (unpaired) electrons. The van der Waals surface area contributed by atoms with E-state index in [-0.39, 0.29) is 6.29 Å². The highest BCUT2D eigenvalue weighted by molar-refractivity contribution is 4.50. The van der Waals surface area contributed by atoms with Gasteiger partial charge in [0.25, 0.3) is 0 Å². The molecule has 0 aliphatic heterocycles. The average molecular weight is 173 g/mol. The lowest BCUT2D eigenvalue weighted by molar-refractivity contribution is -0.137. The summed E-state index contributed by atoms with van der Waals surface area (Å²) in [5.74, 6) is 0. The highest BCUT2D eigenvalue weighted by Gasteiger charge is 2.05. The van der Waals surface area contributed by atoms with Crippen LogP contribution < -0.4 is 0 Å². The Kier molecular flexibility index (Phi) is 7.79. The summed E-state index contributed by atoms with van der Waals surface area (Å²) >= 11 is 0. The van der Waals surface area contributed by atoms with Gasteiger partial charge in [-0.15, -0.1) is 0 Å². The van der Waals surface area contributed by atoms with Crippen LogP contribution in [0, 0.1) is 0 Å². The molecule has 0 N–H and O–H groups in total. The van der Waals surface area contributed by atoms with Crippen LogP contribution in [0.2, 0.25) is 0 Å². The van der Waals surface area contributed by atoms with Crippen LogP contribution in [0.4, 0.5) is 0 Å². The third-order valence-corrected chi connectivity index (χ3v) is 1.23. The molecule has 0 aromatic rings. The van der Waals surface area contributed by atoms with Gasteiger partial charge in [0, 0.05) is 31.1 Å². The van der Waals surface area contributed by atoms with E-state index in [1.54, 1.807) is 0 Å². The molecule has 0 aliphatic rings. The molecule has 0 unspecified atom stereocenters. The van der Waals surface area contributed by atoms with Crippen molar-refractivity contribution in [2.75, 3.05) is 19.8 Å². The van der Waals surface area contributed by atoms with E-state index in [0.717, 1.165) is 0 Å². The Morgan fingerprint density at radius 3 is 2.33 bits per heavy atom. The van der Waals surface area contributed by atoms with E-state index in [4.69, 9.17) is 15.0 Å². The number of rotatable bonds is 7. The first-order valence-corrected chi connectivity index (χ1v) is 4.09. The molecule has 0 saturated heterocycles. The van der Waals surface area contributed by atoms with Gasteiger partial charge in [0.05, 0.1) is 0 Å². The first-order chi connectivity index (χ1) is 5.85. The second kappa shape index (κ2) is 8.33. The Balaban J connectivity index is 3.54. The maximum atomic E-state index is 8.02. The average Bonchev–Trinajstić information content (AvgIpc) is 2.06. The van der Waals surface area contributed by atoms with Crippen molar-refractivity contribution in [3.63, 3.8) is 0 Å². The van der Waals surface area contributed by atoms with Gasteiger partial charge in [0.1, 0.15) is 0 Å². The van der Waals surface area contributed by atoms with Gasteiger partial charge < -0.3 is 9.47 Å². The van der Waals surface area contributed by atoms with E-state index < -0.39 is 0 Å². The van der Waals surface area contributed by atoms with Gasteiger partial charge in [0.15, 0.2) is 6.29 Å².